The Morgan fingerprint density at radius 1 is 1.32 bits per heavy atom. The third-order valence-electron chi connectivity index (χ3n) is 4.82. The number of nitrogens with two attached hydrogens (primary N) is 1. The van der Waals surface area contributed by atoms with E-state index >= 15 is 0 Å². The molecule has 0 bridgehead atoms. The minimum Gasteiger partial charge on any atom is -0.576 e. The molecule has 1 aliphatic heterocycles. The number of aliphatic imine (C=N–C) groups is 1. The number of hydrogen-bond acceptors (Lipinski definition) is 5. The Labute approximate surface area is 207 Å². The van der Waals surface area contributed by atoms with E-state index < -0.39 is 11.9 Å². The second-order valence-corrected chi connectivity index (χ2v) is 6.75. The fourth-order valence-electron chi connectivity index (χ4n) is 3.33. The van der Waals surface area contributed by atoms with E-state index in [2.05, 4.69) is 22.1 Å². The van der Waals surface area contributed by atoms with E-state index in [1.165, 1.54) is 37.2 Å². The summed E-state index contributed by atoms with van der Waals surface area (Å²) in [6.45, 7) is 6.26. The number of pyridine rings is 2. The van der Waals surface area contributed by atoms with Gasteiger partial charge in [-0.2, -0.15) is 13.1 Å². The van der Waals surface area contributed by atoms with Crippen LogP contribution >= 0.6 is 0 Å². The quantitative estimate of drug-likeness (QED) is 0.447. The van der Waals surface area contributed by atoms with Gasteiger partial charge in [0, 0.05) is 29.5 Å². The van der Waals surface area contributed by atoms with Crippen molar-refractivity contribution in [3.63, 3.8) is 0 Å². The van der Waals surface area contributed by atoms with Gasteiger partial charge in [-0.1, -0.05) is 6.07 Å². The van der Waals surface area contributed by atoms with Crippen molar-refractivity contribution in [3.8, 4) is 0 Å². The van der Waals surface area contributed by atoms with Gasteiger partial charge in [-0.25, -0.2) is 9.37 Å². The van der Waals surface area contributed by atoms with E-state index in [0.29, 0.717) is 30.3 Å². The van der Waals surface area contributed by atoms with Crippen molar-refractivity contribution in [3.05, 3.63) is 71.2 Å². The predicted octanol–water partition coefficient (Wildman–Crippen LogP) is 0.340. The molecule has 0 amide bonds. The molecule has 0 saturated heterocycles. The molecule has 28 heavy (non-hydrogen) atoms. The fraction of sp³-hybridized carbons (Fsp3) is 0.286. The molecule has 1 fully saturated rings. The largest absolute Gasteiger partial charge is 1.00 e. The Morgan fingerprint density at radius 2 is 2.14 bits per heavy atom. The molecule has 2 aromatic rings. The number of aromatic nitrogens is 2. The first-order valence-electron chi connectivity index (χ1n) is 9.00. The first-order chi connectivity index (χ1) is 13.2. The zero-order valence-electron chi connectivity index (χ0n) is 15.8. The van der Waals surface area contributed by atoms with E-state index in [0.717, 1.165) is 11.5 Å². The predicted molar refractivity (Wildman–Crippen MR) is 104 cm³/mol. The first kappa shape index (κ1) is 21.3. The smallest absolute Gasteiger partial charge is 0.576 e. The second kappa shape index (κ2) is 9.41. The zero-order chi connectivity index (χ0) is 18.8. The van der Waals surface area contributed by atoms with Crippen LogP contribution in [0.2, 0.25) is 0 Å². The van der Waals surface area contributed by atoms with Gasteiger partial charge in [0.15, 0.2) is 0 Å². The van der Waals surface area contributed by atoms with Crippen molar-refractivity contribution in [1.29, 1.82) is 0 Å². The van der Waals surface area contributed by atoms with Gasteiger partial charge in [-0.3, -0.25) is 10.7 Å². The van der Waals surface area contributed by atoms with Crippen molar-refractivity contribution < 1.29 is 55.8 Å². The third-order valence-corrected chi connectivity index (χ3v) is 4.82. The Balaban J connectivity index is 0.00000225. The standard InChI is InChI=1S/C21H20FN5.K/c1-24-18-7-4-12-27(20-8-2-6-17(26-20)14-9-10-14)21(18)16(23)13-19-15(22)5-3-11-25-19;/h1-3,5-6,8,11,13-14,21H,4,9-10,12,23H2;/q-2;+1/b16-13-;. The molecule has 7 heteroatoms. The number of nitrogens with zero attached hydrogens (tertiary/aromatic N) is 4. The molecule has 2 N–H and O–H groups in total. The Kier molecular flexibility index (Phi) is 7.17. The molecule has 1 unspecified atom stereocenters. The summed E-state index contributed by atoms with van der Waals surface area (Å²) >= 11 is 0. The van der Waals surface area contributed by atoms with Crippen LogP contribution in [0.4, 0.5) is 10.2 Å². The van der Waals surface area contributed by atoms with E-state index in [1.807, 2.05) is 17.0 Å². The Bertz CT molecular complexity index is 923. The molecule has 0 radical (unpaired) electrons. The second-order valence-electron chi connectivity index (χ2n) is 6.75. The maximum absolute atomic E-state index is 14.0. The topological polar surface area (TPSA) is 67.4 Å². The average Bonchev–Trinajstić information content (AvgIpc) is 3.54. The molecule has 138 valence electrons. The Morgan fingerprint density at radius 3 is 2.86 bits per heavy atom. The van der Waals surface area contributed by atoms with Gasteiger partial charge in [-0.05, 0) is 49.7 Å². The zero-order valence-corrected chi connectivity index (χ0v) is 19.0. The molecular weight excluding hydrogens is 380 g/mol. The molecule has 4 rings (SSSR count). The van der Waals surface area contributed by atoms with Crippen molar-refractivity contribution in [2.75, 3.05) is 11.4 Å². The SMILES string of the molecule is [CH-]=NC1=[C-]CCN(c2cccc(C3CC3)n2)C1/C(N)=C/c1ncccc1F.[K+]. The summed E-state index contributed by atoms with van der Waals surface area (Å²) < 4.78 is 14.0. The molecule has 3 heterocycles. The molecular formula is C21H20FKN5-. The van der Waals surface area contributed by atoms with Gasteiger partial charge in [0.2, 0.25) is 0 Å². The number of hydrogen-bond donors (Lipinski definition) is 1. The maximum Gasteiger partial charge on any atom is 1.00 e. The number of halogens is 1. The summed E-state index contributed by atoms with van der Waals surface area (Å²) in [6, 6.07) is 8.43. The summed E-state index contributed by atoms with van der Waals surface area (Å²) in [4.78, 5) is 14.8. The van der Waals surface area contributed by atoms with Crippen LogP contribution in [0, 0.1) is 11.9 Å². The summed E-state index contributed by atoms with van der Waals surface area (Å²) in [5.41, 5.74) is 8.54. The number of rotatable bonds is 5. The van der Waals surface area contributed by atoms with Gasteiger partial charge < -0.3 is 21.7 Å². The van der Waals surface area contributed by atoms with Crippen LogP contribution in [0.1, 0.15) is 36.6 Å². The van der Waals surface area contributed by atoms with Gasteiger partial charge >= 0.3 is 51.4 Å². The summed E-state index contributed by atoms with van der Waals surface area (Å²) in [5.74, 6) is 0.921. The third kappa shape index (κ3) is 4.60. The van der Waals surface area contributed by atoms with Gasteiger partial charge in [0.25, 0.3) is 0 Å². The van der Waals surface area contributed by atoms with Crippen molar-refractivity contribution in [2.45, 2.75) is 31.2 Å². The number of anilines is 1. The molecule has 0 aromatic carbocycles. The molecule has 2 aromatic heterocycles. The molecule has 1 saturated carbocycles. The van der Waals surface area contributed by atoms with Crippen LogP contribution in [0.3, 0.4) is 0 Å². The van der Waals surface area contributed by atoms with Crippen LogP contribution in [0.15, 0.2) is 52.9 Å². The monoisotopic (exact) mass is 400 g/mol. The molecule has 2 aliphatic rings. The fourth-order valence-corrected chi connectivity index (χ4v) is 3.33. The van der Waals surface area contributed by atoms with E-state index in [1.54, 1.807) is 0 Å². The van der Waals surface area contributed by atoms with Crippen LogP contribution in [0.5, 0.6) is 0 Å². The van der Waals surface area contributed by atoms with Crippen LogP contribution in [-0.2, 0) is 0 Å². The summed E-state index contributed by atoms with van der Waals surface area (Å²) in [6.07, 6.45) is 9.24. The van der Waals surface area contributed by atoms with Crippen molar-refractivity contribution >= 4 is 18.6 Å². The molecule has 5 nitrogen and oxygen atoms in total. The average molecular weight is 401 g/mol. The van der Waals surface area contributed by atoms with E-state index in [9.17, 15) is 4.39 Å². The normalized spacial score (nSPS) is 19.6. The van der Waals surface area contributed by atoms with Crippen LogP contribution < -0.4 is 62.0 Å². The molecule has 0 spiro atoms. The van der Waals surface area contributed by atoms with E-state index in [-0.39, 0.29) is 57.1 Å². The van der Waals surface area contributed by atoms with Crippen molar-refractivity contribution in [1.82, 2.24) is 9.97 Å². The van der Waals surface area contributed by atoms with Gasteiger partial charge in [0.1, 0.15) is 17.3 Å². The minimum absolute atomic E-state index is 0. The van der Waals surface area contributed by atoms with Gasteiger partial charge in [0.05, 0.1) is 0 Å². The Hall–Kier alpha value is -1.38. The van der Waals surface area contributed by atoms with Crippen molar-refractivity contribution in [2.24, 2.45) is 10.7 Å². The molecule has 1 aliphatic carbocycles. The minimum atomic E-state index is -0.466. The molecule has 1 atom stereocenters. The summed E-state index contributed by atoms with van der Waals surface area (Å²) in [5, 5.41) is 0. The van der Waals surface area contributed by atoms with Crippen LogP contribution in [0.25, 0.3) is 6.08 Å². The summed E-state index contributed by atoms with van der Waals surface area (Å²) in [7, 11) is 0. The maximum atomic E-state index is 14.0. The van der Waals surface area contributed by atoms with E-state index in [4.69, 9.17) is 17.4 Å². The first-order valence-corrected chi connectivity index (χ1v) is 9.00. The van der Waals surface area contributed by atoms with Gasteiger partial charge in [-0.15, -0.1) is 0 Å². The van der Waals surface area contributed by atoms with Crippen LogP contribution in [-0.4, -0.2) is 29.3 Å².